The maximum absolute atomic E-state index is 9.29. The first-order chi connectivity index (χ1) is 14.0. The lowest BCUT2D eigenvalue weighted by atomic mass is 10.1. The molecule has 10 heteroatoms. The molecule has 0 aliphatic carbocycles. The topological polar surface area (TPSA) is 125 Å². The SMILES string of the molecule is CC.CC.Cc1noc(N2CCC(O)C2)n1.Cc1noc(N2CCC(O)CC2)n1. The Labute approximate surface area is 172 Å². The summed E-state index contributed by atoms with van der Waals surface area (Å²) < 4.78 is 9.97. The van der Waals surface area contributed by atoms with Crippen LogP contribution < -0.4 is 9.80 Å². The van der Waals surface area contributed by atoms with Crippen molar-refractivity contribution in [3.05, 3.63) is 11.6 Å². The molecule has 2 N–H and O–H groups in total. The Morgan fingerprint density at radius 1 is 0.724 bits per heavy atom. The molecule has 2 fully saturated rings. The lowest BCUT2D eigenvalue weighted by Crippen LogP contribution is -2.35. The second-order valence-corrected chi connectivity index (χ2v) is 6.36. The summed E-state index contributed by atoms with van der Waals surface area (Å²) in [5.74, 6) is 1.28. The Bertz CT molecular complexity index is 669. The van der Waals surface area contributed by atoms with Crippen molar-refractivity contribution in [2.75, 3.05) is 36.0 Å². The van der Waals surface area contributed by atoms with E-state index < -0.39 is 0 Å². The van der Waals surface area contributed by atoms with Crippen LogP contribution in [0.4, 0.5) is 12.0 Å². The summed E-state index contributed by atoms with van der Waals surface area (Å²) in [5.41, 5.74) is 0. The van der Waals surface area contributed by atoms with Crippen molar-refractivity contribution < 1.29 is 19.3 Å². The summed E-state index contributed by atoms with van der Waals surface area (Å²) in [5, 5.41) is 25.9. The van der Waals surface area contributed by atoms with Crippen LogP contribution in [0.1, 0.15) is 58.6 Å². The number of aliphatic hydroxyl groups excluding tert-OH is 2. The first kappa shape index (κ1) is 24.8. The zero-order chi connectivity index (χ0) is 21.8. The number of aromatic nitrogens is 4. The molecule has 2 aromatic heterocycles. The van der Waals surface area contributed by atoms with Crippen LogP contribution >= 0.6 is 0 Å². The standard InChI is InChI=1S/C8H13N3O2.C7H11N3O2.2C2H6/c1-6-9-8(13-10-6)11-4-2-7(12)3-5-11;1-5-8-7(12-9-5)10-3-2-6(11)4-10;2*1-2/h7,12H,2-5H2,1H3;6,11H,2-4H2,1H3;2*1-2H3. The van der Waals surface area contributed by atoms with Crippen molar-refractivity contribution >= 4 is 12.0 Å². The molecule has 29 heavy (non-hydrogen) atoms. The number of hydrogen-bond acceptors (Lipinski definition) is 10. The van der Waals surface area contributed by atoms with Crippen molar-refractivity contribution in [3.63, 3.8) is 0 Å². The number of aliphatic hydroxyl groups is 2. The summed E-state index contributed by atoms with van der Waals surface area (Å²) in [6, 6.07) is 1.09. The minimum atomic E-state index is -0.253. The number of piperidine rings is 1. The van der Waals surface area contributed by atoms with E-state index in [-0.39, 0.29) is 12.2 Å². The molecule has 2 aliphatic rings. The van der Waals surface area contributed by atoms with Crippen LogP contribution in [0.2, 0.25) is 0 Å². The molecule has 0 bridgehead atoms. The van der Waals surface area contributed by atoms with E-state index in [9.17, 15) is 10.2 Å². The van der Waals surface area contributed by atoms with Gasteiger partial charge in [0, 0.05) is 26.2 Å². The van der Waals surface area contributed by atoms with E-state index in [4.69, 9.17) is 9.05 Å². The second-order valence-electron chi connectivity index (χ2n) is 6.36. The third-order valence-electron chi connectivity index (χ3n) is 4.20. The summed E-state index contributed by atoms with van der Waals surface area (Å²) >= 11 is 0. The van der Waals surface area contributed by atoms with Gasteiger partial charge < -0.3 is 29.1 Å². The van der Waals surface area contributed by atoms with Crippen LogP contribution in [0.3, 0.4) is 0 Å². The van der Waals surface area contributed by atoms with Crippen LogP contribution in [0.5, 0.6) is 0 Å². The van der Waals surface area contributed by atoms with E-state index in [2.05, 4.69) is 20.3 Å². The largest absolute Gasteiger partial charge is 0.393 e. The van der Waals surface area contributed by atoms with Crippen LogP contribution in [0.25, 0.3) is 0 Å². The third kappa shape index (κ3) is 7.98. The Morgan fingerprint density at radius 2 is 1.14 bits per heavy atom. The number of nitrogens with zero attached hydrogens (tertiary/aromatic N) is 6. The Balaban J connectivity index is 0.000000248. The molecule has 2 aliphatic heterocycles. The molecule has 2 saturated heterocycles. The van der Waals surface area contributed by atoms with Gasteiger partial charge in [0.1, 0.15) is 0 Å². The number of rotatable bonds is 2. The van der Waals surface area contributed by atoms with Gasteiger partial charge in [-0.25, -0.2) is 0 Å². The van der Waals surface area contributed by atoms with Crippen molar-refractivity contribution in [1.29, 1.82) is 0 Å². The van der Waals surface area contributed by atoms with E-state index >= 15 is 0 Å². The van der Waals surface area contributed by atoms with E-state index in [1.807, 2.05) is 37.5 Å². The highest BCUT2D eigenvalue weighted by Gasteiger charge is 2.24. The lowest BCUT2D eigenvalue weighted by Gasteiger charge is -2.27. The van der Waals surface area contributed by atoms with E-state index in [1.165, 1.54) is 0 Å². The Kier molecular flexibility index (Phi) is 11.2. The smallest absolute Gasteiger partial charge is 0.324 e. The fourth-order valence-corrected chi connectivity index (χ4v) is 2.80. The first-order valence-corrected chi connectivity index (χ1v) is 10.5. The van der Waals surface area contributed by atoms with E-state index in [1.54, 1.807) is 13.8 Å². The molecule has 166 valence electrons. The predicted octanol–water partition coefficient (Wildman–Crippen LogP) is 2.34. The van der Waals surface area contributed by atoms with Crippen LogP contribution in [-0.2, 0) is 0 Å². The van der Waals surface area contributed by atoms with Crippen molar-refractivity contribution in [1.82, 2.24) is 20.3 Å². The molecule has 0 aromatic carbocycles. The van der Waals surface area contributed by atoms with Gasteiger partial charge in [0.2, 0.25) is 0 Å². The van der Waals surface area contributed by atoms with Gasteiger partial charge in [-0.2, -0.15) is 9.97 Å². The lowest BCUT2D eigenvalue weighted by molar-refractivity contribution is 0.143. The molecule has 1 atom stereocenters. The van der Waals surface area contributed by atoms with Crippen LogP contribution in [0, 0.1) is 13.8 Å². The van der Waals surface area contributed by atoms with Crippen molar-refractivity contribution in [3.8, 4) is 0 Å². The van der Waals surface area contributed by atoms with Gasteiger partial charge >= 0.3 is 12.0 Å². The molecule has 0 radical (unpaired) electrons. The van der Waals surface area contributed by atoms with Gasteiger partial charge in [-0.15, -0.1) is 0 Å². The minimum absolute atomic E-state index is 0.166. The molecule has 0 saturated carbocycles. The van der Waals surface area contributed by atoms with E-state index in [0.717, 1.165) is 38.9 Å². The highest BCUT2D eigenvalue weighted by atomic mass is 16.5. The van der Waals surface area contributed by atoms with Crippen LogP contribution in [-0.4, -0.2) is 68.9 Å². The fourth-order valence-electron chi connectivity index (χ4n) is 2.80. The van der Waals surface area contributed by atoms with Crippen molar-refractivity contribution in [2.24, 2.45) is 0 Å². The summed E-state index contributed by atoms with van der Waals surface area (Å²) in [6.45, 7) is 14.6. The Morgan fingerprint density at radius 3 is 1.52 bits per heavy atom. The molecule has 10 nitrogen and oxygen atoms in total. The zero-order valence-electron chi connectivity index (χ0n) is 18.5. The van der Waals surface area contributed by atoms with E-state index in [0.29, 0.717) is 30.2 Å². The Hall–Kier alpha value is -2.20. The molecule has 0 spiro atoms. The maximum Gasteiger partial charge on any atom is 0.324 e. The summed E-state index contributed by atoms with van der Waals surface area (Å²) in [4.78, 5) is 12.1. The molecule has 4 heterocycles. The highest BCUT2D eigenvalue weighted by molar-refractivity contribution is 5.27. The van der Waals surface area contributed by atoms with Gasteiger partial charge in [-0.1, -0.05) is 38.0 Å². The molecule has 2 aromatic rings. The zero-order valence-corrected chi connectivity index (χ0v) is 18.5. The number of anilines is 2. The minimum Gasteiger partial charge on any atom is -0.393 e. The maximum atomic E-state index is 9.29. The molecular weight excluding hydrogens is 376 g/mol. The van der Waals surface area contributed by atoms with Gasteiger partial charge in [-0.05, 0) is 33.1 Å². The van der Waals surface area contributed by atoms with Gasteiger partial charge in [-0.3, -0.25) is 0 Å². The number of aryl methyl sites for hydroxylation is 2. The average molecular weight is 413 g/mol. The first-order valence-electron chi connectivity index (χ1n) is 10.5. The average Bonchev–Trinajstić information content (AvgIpc) is 3.48. The van der Waals surface area contributed by atoms with Crippen molar-refractivity contribution in [2.45, 2.75) is 73.0 Å². The van der Waals surface area contributed by atoms with Gasteiger partial charge in [0.05, 0.1) is 12.2 Å². The van der Waals surface area contributed by atoms with Gasteiger partial charge in [0.15, 0.2) is 11.6 Å². The van der Waals surface area contributed by atoms with Crippen LogP contribution in [0.15, 0.2) is 9.05 Å². The quantitative estimate of drug-likeness (QED) is 0.759. The predicted molar refractivity (Wildman–Crippen MR) is 111 cm³/mol. The van der Waals surface area contributed by atoms with Gasteiger partial charge in [0.25, 0.3) is 0 Å². The molecule has 4 rings (SSSR count). The normalized spacial score (nSPS) is 18.8. The monoisotopic (exact) mass is 412 g/mol. The third-order valence-corrected chi connectivity index (χ3v) is 4.20. The molecule has 0 amide bonds. The second kappa shape index (κ2) is 13.1. The highest BCUT2D eigenvalue weighted by Crippen LogP contribution is 2.18. The summed E-state index contributed by atoms with van der Waals surface area (Å²) in [7, 11) is 0. The number of β-amino-alcohol motifs (C(OH)–C–C–N with tert-alkyl or cyclic N) is 1. The molecular formula is C19H36N6O4. The molecule has 1 unspecified atom stereocenters. The number of hydrogen-bond donors (Lipinski definition) is 2. The fraction of sp³-hybridized carbons (Fsp3) is 0.789. The summed E-state index contributed by atoms with van der Waals surface area (Å²) in [6.07, 6.45) is 1.92.